The summed E-state index contributed by atoms with van der Waals surface area (Å²) < 4.78 is 7.10. The van der Waals surface area contributed by atoms with Crippen molar-refractivity contribution < 1.29 is 4.74 Å². The van der Waals surface area contributed by atoms with Crippen molar-refractivity contribution in [2.45, 2.75) is 0 Å². The highest BCUT2D eigenvalue weighted by atomic mass is 35.5. The number of rotatable bonds is 3. The summed E-state index contributed by atoms with van der Waals surface area (Å²) in [6, 6.07) is 14.8. The molecular weight excluding hydrogens is 358 g/mol. The number of hydrogen-bond acceptors (Lipinski definition) is 5. The lowest BCUT2D eigenvalue weighted by molar-refractivity contribution is 0.414. The Bertz CT molecular complexity index is 1180. The van der Waals surface area contributed by atoms with Gasteiger partial charge in [0.2, 0.25) is 4.96 Å². The van der Waals surface area contributed by atoms with Crippen molar-refractivity contribution in [3.63, 3.8) is 0 Å². The molecule has 0 saturated carbocycles. The molecule has 7 heteroatoms. The average Bonchev–Trinajstić information content (AvgIpc) is 3.15. The van der Waals surface area contributed by atoms with Gasteiger partial charge in [0.05, 0.1) is 11.6 Å². The van der Waals surface area contributed by atoms with E-state index in [9.17, 15) is 4.79 Å². The summed E-state index contributed by atoms with van der Waals surface area (Å²) in [6.45, 7) is 0. The molecule has 4 rings (SSSR count). The van der Waals surface area contributed by atoms with Crippen LogP contribution >= 0.6 is 22.9 Å². The van der Waals surface area contributed by atoms with Gasteiger partial charge in [0.1, 0.15) is 5.75 Å². The minimum Gasteiger partial charge on any atom is -0.497 e. The number of hydrogen-bond donors (Lipinski definition) is 0. The van der Waals surface area contributed by atoms with Crippen LogP contribution in [-0.4, -0.2) is 21.7 Å². The first-order valence-corrected chi connectivity index (χ1v) is 8.65. The highest BCUT2D eigenvalue weighted by Gasteiger charge is 2.12. The van der Waals surface area contributed by atoms with Gasteiger partial charge < -0.3 is 4.74 Å². The molecule has 2 aromatic heterocycles. The number of ether oxygens (including phenoxy) is 1. The molecular formula is C18H12ClN3O2S. The molecule has 0 atom stereocenters. The van der Waals surface area contributed by atoms with Gasteiger partial charge in [-0.05, 0) is 35.9 Å². The summed E-state index contributed by atoms with van der Waals surface area (Å²) in [4.78, 5) is 17.6. The predicted octanol–water partition coefficient (Wildman–Crippen LogP) is 3.03. The lowest BCUT2D eigenvalue weighted by Gasteiger charge is -1.99. The molecule has 5 nitrogen and oxygen atoms in total. The number of fused-ring (bicyclic) bond motifs is 1. The molecule has 0 unspecified atom stereocenters. The first kappa shape index (κ1) is 15.8. The largest absolute Gasteiger partial charge is 0.497 e. The summed E-state index contributed by atoms with van der Waals surface area (Å²) in [6.07, 6.45) is 1.81. The smallest absolute Gasteiger partial charge is 0.291 e. The van der Waals surface area contributed by atoms with E-state index in [2.05, 4.69) is 10.1 Å². The van der Waals surface area contributed by atoms with Crippen molar-refractivity contribution in [1.82, 2.24) is 14.6 Å². The van der Waals surface area contributed by atoms with Gasteiger partial charge in [-0.3, -0.25) is 4.79 Å². The summed E-state index contributed by atoms with van der Waals surface area (Å²) in [5.41, 5.74) is 1.47. The van der Waals surface area contributed by atoms with E-state index in [1.807, 2.05) is 42.5 Å². The van der Waals surface area contributed by atoms with E-state index in [1.54, 1.807) is 19.2 Å². The predicted molar refractivity (Wildman–Crippen MR) is 99.4 cm³/mol. The molecule has 4 aromatic rings. The van der Waals surface area contributed by atoms with Crippen molar-refractivity contribution in [3.05, 3.63) is 74.0 Å². The number of benzene rings is 2. The Kier molecular flexibility index (Phi) is 3.99. The van der Waals surface area contributed by atoms with Crippen LogP contribution in [0.3, 0.4) is 0 Å². The minimum absolute atomic E-state index is 0.191. The summed E-state index contributed by atoms with van der Waals surface area (Å²) in [5, 5.41) is 4.92. The van der Waals surface area contributed by atoms with Crippen molar-refractivity contribution in [2.75, 3.05) is 7.11 Å². The Morgan fingerprint density at radius 3 is 2.80 bits per heavy atom. The first-order valence-electron chi connectivity index (χ1n) is 7.45. The van der Waals surface area contributed by atoms with Crippen molar-refractivity contribution in [3.8, 4) is 17.1 Å². The van der Waals surface area contributed by atoms with Crippen molar-refractivity contribution >= 4 is 34.0 Å². The molecule has 0 aliphatic carbocycles. The van der Waals surface area contributed by atoms with Crippen LogP contribution in [0.5, 0.6) is 5.75 Å². The van der Waals surface area contributed by atoms with Gasteiger partial charge in [-0.1, -0.05) is 47.2 Å². The third-order valence-corrected chi connectivity index (χ3v) is 4.85. The maximum atomic E-state index is 12.6. The fourth-order valence-electron chi connectivity index (χ4n) is 2.47. The van der Waals surface area contributed by atoms with Gasteiger partial charge in [-0.2, -0.15) is 9.50 Å². The van der Waals surface area contributed by atoms with Crippen LogP contribution in [0.1, 0.15) is 5.56 Å². The quantitative estimate of drug-likeness (QED) is 0.557. The number of nitrogens with zero attached hydrogens (tertiary/aromatic N) is 3. The fourth-order valence-corrected chi connectivity index (χ4v) is 3.56. The molecule has 124 valence electrons. The maximum absolute atomic E-state index is 12.6. The lowest BCUT2D eigenvalue weighted by atomic mass is 10.2. The molecule has 0 radical (unpaired) electrons. The second-order valence-electron chi connectivity index (χ2n) is 5.33. The van der Waals surface area contributed by atoms with Gasteiger partial charge in [-0.25, -0.2) is 0 Å². The average molecular weight is 370 g/mol. The highest BCUT2D eigenvalue weighted by Crippen LogP contribution is 2.20. The lowest BCUT2D eigenvalue weighted by Crippen LogP contribution is -2.23. The van der Waals surface area contributed by atoms with E-state index in [1.165, 1.54) is 15.9 Å². The Morgan fingerprint density at radius 1 is 1.20 bits per heavy atom. The third-order valence-electron chi connectivity index (χ3n) is 3.66. The van der Waals surface area contributed by atoms with E-state index < -0.39 is 0 Å². The second-order valence-corrected chi connectivity index (χ2v) is 6.78. The van der Waals surface area contributed by atoms with E-state index in [-0.39, 0.29) is 5.56 Å². The van der Waals surface area contributed by atoms with Gasteiger partial charge in [0, 0.05) is 10.6 Å². The summed E-state index contributed by atoms with van der Waals surface area (Å²) in [7, 11) is 1.61. The third kappa shape index (κ3) is 3.01. The molecule has 0 aliphatic rings. The van der Waals surface area contributed by atoms with Crippen molar-refractivity contribution in [2.24, 2.45) is 0 Å². The Balaban J connectivity index is 1.80. The summed E-state index contributed by atoms with van der Waals surface area (Å²) >= 11 is 7.30. The molecule has 0 amide bonds. The zero-order chi connectivity index (χ0) is 17.4. The Hall–Kier alpha value is -2.70. The minimum atomic E-state index is -0.191. The summed E-state index contributed by atoms with van der Waals surface area (Å²) in [5.74, 6) is 1.22. The monoisotopic (exact) mass is 369 g/mol. The van der Waals surface area contributed by atoms with E-state index in [4.69, 9.17) is 16.3 Å². The molecule has 0 aliphatic heterocycles. The topological polar surface area (TPSA) is 56.5 Å². The van der Waals surface area contributed by atoms with Crippen LogP contribution in [-0.2, 0) is 0 Å². The highest BCUT2D eigenvalue weighted by molar-refractivity contribution is 7.15. The molecule has 0 fully saturated rings. The van der Waals surface area contributed by atoms with E-state index in [0.29, 0.717) is 20.3 Å². The van der Waals surface area contributed by atoms with Crippen LogP contribution in [0.15, 0.2) is 53.3 Å². The standard InChI is InChI=1S/C18H12ClN3O2S/c1-24-14-7-2-4-11(8-14)9-15-17(23)22-18(25-15)20-16(21-22)12-5-3-6-13(19)10-12/h2-10H,1H3/b15-9-. The number of halogens is 1. The molecule has 25 heavy (non-hydrogen) atoms. The first-order chi connectivity index (χ1) is 12.1. The Labute approximate surface area is 151 Å². The van der Waals surface area contributed by atoms with Gasteiger partial charge in [0.25, 0.3) is 5.56 Å². The fraction of sp³-hybridized carbons (Fsp3) is 0.0556. The van der Waals surface area contributed by atoms with Gasteiger partial charge in [-0.15, -0.1) is 5.10 Å². The number of aromatic nitrogens is 3. The molecule has 0 spiro atoms. The maximum Gasteiger partial charge on any atom is 0.291 e. The van der Waals surface area contributed by atoms with E-state index in [0.717, 1.165) is 16.9 Å². The van der Waals surface area contributed by atoms with Crippen LogP contribution in [0.25, 0.3) is 22.4 Å². The molecule has 2 aromatic carbocycles. The Morgan fingerprint density at radius 2 is 2.04 bits per heavy atom. The van der Waals surface area contributed by atoms with Crippen LogP contribution in [0.2, 0.25) is 5.02 Å². The molecule has 0 saturated heterocycles. The normalized spacial score (nSPS) is 12.0. The molecule has 0 bridgehead atoms. The van der Waals surface area contributed by atoms with Crippen LogP contribution in [0, 0.1) is 0 Å². The number of thiazole rings is 1. The second kappa shape index (κ2) is 6.31. The van der Waals surface area contributed by atoms with Crippen molar-refractivity contribution in [1.29, 1.82) is 0 Å². The zero-order valence-corrected chi connectivity index (χ0v) is 14.7. The zero-order valence-electron chi connectivity index (χ0n) is 13.1. The van der Waals surface area contributed by atoms with Crippen LogP contribution in [0.4, 0.5) is 0 Å². The number of methoxy groups -OCH3 is 1. The van der Waals surface area contributed by atoms with E-state index >= 15 is 0 Å². The molecule has 2 heterocycles. The van der Waals surface area contributed by atoms with Gasteiger partial charge >= 0.3 is 0 Å². The SMILES string of the molecule is COc1cccc(/C=c2\sc3nc(-c4cccc(Cl)c4)nn3c2=O)c1. The van der Waals surface area contributed by atoms with Gasteiger partial charge in [0.15, 0.2) is 5.82 Å². The van der Waals surface area contributed by atoms with Crippen LogP contribution < -0.4 is 14.8 Å². The molecule has 0 N–H and O–H groups in total.